The molecule has 2 aromatic carbocycles. The molecule has 0 amide bonds. The van der Waals surface area contributed by atoms with Crippen LogP contribution in [0.1, 0.15) is 27.2 Å². The minimum Gasteiger partial charge on any atom is -0.403 e. The quantitative estimate of drug-likeness (QED) is 0.677. The van der Waals surface area contributed by atoms with Gasteiger partial charge in [-0.15, -0.1) is 6.42 Å². The Morgan fingerprint density at radius 1 is 1.00 bits per heavy atom. The fraction of sp³-hybridized carbons (Fsp3) is 0.364. The molecule has 2 aromatic rings. The number of nitrogens with one attached hydrogen (secondary N) is 1. The second-order valence-electron chi connectivity index (χ2n) is 7.77. The van der Waals surface area contributed by atoms with Crippen LogP contribution in [0.3, 0.4) is 0 Å². The molecule has 0 saturated carbocycles. The Balaban J connectivity index is 2.11. The average molecular weight is 350 g/mol. The highest BCUT2D eigenvalue weighted by Crippen LogP contribution is 2.38. The van der Waals surface area contributed by atoms with Crippen LogP contribution in [0.5, 0.6) is 0 Å². The average Bonchev–Trinajstić information content (AvgIpc) is 3.08. The van der Waals surface area contributed by atoms with Crippen molar-refractivity contribution in [2.45, 2.75) is 44.4 Å². The van der Waals surface area contributed by atoms with Gasteiger partial charge >= 0.3 is 0 Å². The Hall–Kier alpha value is -1.86. The Kier molecular flexibility index (Phi) is 5.15. The van der Waals surface area contributed by atoms with Crippen LogP contribution in [-0.2, 0) is 4.43 Å². The monoisotopic (exact) mass is 349 g/mol. The SMILES string of the molecule is C#CC1C[C@H](O[Si](c2ccccc2)(c2ccccc2)C(C)(C)C)CN1. The van der Waals surface area contributed by atoms with E-state index in [0.717, 1.165) is 13.0 Å². The van der Waals surface area contributed by atoms with Crippen molar-refractivity contribution in [2.75, 3.05) is 6.54 Å². The first-order valence-electron chi connectivity index (χ1n) is 8.96. The van der Waals surface area contributed by atoms with Crippen molar-refractivity contribution >= 4 is 18.7 Å². The molecular weight excluding hydrogens is 322 g/mol. The predicted octanol–water partition coefficient (Wildman–Crippen LogP) is 2.93. The van der Waals surface area contributed by atoms with Gasteiger partial charge in [-0.3, -0.25) is 0 Å². The number of rotatable bonds is 4. The van der Waals surface area contributed by atoms with Crippen LogP contribution in [0.15, 0.2) is 60.7 Å². The molecule has 2 nitrogen and oxygen atoms in total. The highest BCUT2D eigenvalue weighted by molar-refractivity contribution is 6.99. The molecule has 1 fully saturated rings. The number of terminal acetylenes is 1. The van der Waals surface area contributed by atoms with Crippen LogP contribution in [-0.4, -0.2) is 27.0 Å². The van der Waals surface area contributed by atoms with Gasteiger partial charge in [0.15, 0.2) is 0 Å². The van der Waals surface area contributed by atoms with Crippen LogP contribution >= 0.6 is 0 Å². The summed E-state index contributed by atoms with van der Waals surface area (Å²) in [6.45, 7) is 7.74. The molecule has 130 valence electrons. The first-order valence-corrected chi connectivity index (χ1v) is 10.9. The fourth-order valence-electron chi connectivity index (χ4n) is 3.86. The minimum atomic E-state index is -2.47. The molecule has 1 aliphatic heterocycles. The van der Waals surface area contributed by atoms with E-state index in [1.807, 2.05) is 0 Å². The van der Waals surface area contributed by atoms with Crippen LogP contribution in [0.25, 0.3) is 0 Å². The maximum atomic E-state index is 7.05. The van der Waals surface area contributed by atoms with Crippen LogP contribution in [0.4, 0.5) is 0 Å². The highest BCUT2D eigenvalue weighted by atomic mass is 28.4. The number of benzene rings is 2. The fourth-order valence-corrected chi connectivity index (χ4v) is 8.56. The molecule has 1 unspecified atom stereocenters. The van der Waals surface area contributed by atoms with Gasteiger partial charge in [-0.05, 0) is 15.4 Å². The summed E-state index contributed by atoms with van der Waals surface area (Å²) in [6, 6.07) is 21.6. The van der Waals surface area contributed by atoms with Crippen molar-refractivity contribution < 1.29 is 4.43 Å². The van der Waals surface area contributed by atoms with E-state index in [9.17, 15) is 0 Å². The Bertz CT molecular complexity index is 691. The van der Waals surface area contributed by atoms with Crippen molar-refractivity contribution in [1.82, 2.24) is 5.32 Å². The summed E-state index contributed by atoms with van der Waals surface area (Å²) in [4.78, 5) is 0. The topological polar surface area (TPSA) is 21.3 Å². The molecule has 1 saturated heterocycles. The van der Waals surface area contributed by atoms with E-state index in [1.54, 1.807) is 0 Å². The van der Waals surface area contributed by atoms with Gasteiger partial charge in [0.2, 0.25) is 0 Å². The van der Waals surface area contributed by atoms with Crippen molar-refractivity contribution in [2.24, 2.45) is 0 Å². The summed E-state index contributed by atoms with van der Waals surface area (Å²) < 4.78 is 7.05. The van der Waals surface area contributed by atoms with Gasteiger partial charge in [-0.2, -0.15) is 0 Å². The number of hydrogen-bond acceptors (Lipinski definition) is 2. The van der Waals surface area contributed by atoms with Crippen LogP contribution in [0, 0.1) is 12.3 Å². The summed E-state index contributed by atoms with van der Waals surface area (Å²) in [5.41, 5.74) is 0. The van der Waals surface area contributed by atoms with E-state index in [2.05, 4.69) is 92.7 Å². The van der Waals surface area contributed by atoms with E-state index < -0.39 is 8.32 Å². The molecule has 3 heteroatoms. The van der Waals surface area contributed by atoms with Gasteiger partial charge in [-0.1, -0.05) is 87.4 Å². The molecule has 1 heterocycles. The van der Waals surface area contributed by atoms with Gasteiger partial charge in [-0.25, -0.2) is 0 Å². The second kappa shape index (κ2) is 7.17. The lowest BCUT2D eigenvalue weighted by Gasteiger charge is -2.44. The summed E-state index contributed by atoms with van der Waals surface area (Å²) in [5, 5.41) is 6.03. The summed E-state index contributed by atoms with van der Waals surface area (Å²) in [7, 11) is -2.47. The van der Waals surface area contributed by atoms with Gasteiger partial charge in [0.05, 0.1) is 12.1 Å². The Morgan fingerprint density at radius 3 is 1.92 bits per heavy atom. The zero-order valence-corrected chi connectivity index (χ0v) is 16.3. The number of hydrogen-bond donors (Lipinski definition) is 1. The highest BCUT2D eigenvalue weighted by Gasteiger charge is 2.51. The lowest BCUT2D eigenvalue weighted by Crippen LogP contribution is -2.67. The summed E-state index contributed by atoms with van der Waals surface area (Å²) in [6.07, 6.45) is 6.63. The van der Waals surface area contributed by atoms with Gasteiger partial charge in [0, 0.05) is 13.0 Å². The lowest BCUT2D eigenvalue weighted by molar-refractivity contribution is 0.206. The smallest absolute Gasteiger partial charge is 0.261 e. The van der Waals surface area contributed by atoms with Crippen molar-refractivity contribution in [3.8, 4) is 12.3 Å². The van der Waals surface area contributed by atoms with Crippen LogP contribution < -0.4 is 15.7 Å². The normalized spacial score (nSPS) is 21.0. The van der Waals surface area contributed by atoms with Crippen LogP contribution in [0.2, 0.25) is 5.04 Å². The molecule has 0 aliphatic carbocycles. The van der Waals surface area contributed by atoms with Gasteiger partial charge < -0.3 is 9.74 Å². The molecule has 1 N–H and O–H groups in total. The van der Waals surface area contributed by atoms with Crippen molar-refractivity contribution in [3.63, 3.8) is 0 Å². The van der Waals surface area contributed by atoms with E-state index in [0.29, 0.717) is 0 Å². The molecule has 25 heavy (non-hydrogen) atoms. The largest absolute Gasteiger partial charge is 0.403 e. The van der Waals surface area contributed by atoms with E-state index in [4.69, 9.17) is 10.8 Å². The molecule has 0 radical (unpaired) electrons. The third kappa shape index (κ3) is 3.43. The third-order valence-corrected chi connectivity index (χ3v) is 10.1. The first-order chi connectivity index (χ1) is 12.0. The van der Waals surface area contributed by atoms with E-state index in [-0.39, 0.29) is 17.2 Å². The van der Waals surface area contributed by atoms with E-state index >= 15 is 0 Å². The third-order valence-electron chi connectivity index (χ3n) is 5.05. The Morgan fingerprint density at radius 2 is 1.52 bits per heavy atom. The molecule has 3 rings (SSSR count). The second-order valence-corrected chi connectivity index (χ2v) is 12.0. The molecular formula is C22H27NOSi. The lowest BCUT2D eigenvalue weighted by atomic mass is 10.2. The zero-order chi connectivity index (χ0) is 17.9. The maximum Gasteiger partial charge on any atom is 0.261 e. The maximum absolute atomic E-state index is 7.05. The summed E-state index contributed by atoms with van der Waals surface area (Å²) in [5.74, 6) is 2.82. The molecule has 2 atom stereocenters. The molecule has 0 bridgehead atoms. The van der Waals surface area contributed by atoms with Crippen molar-refractivity contribution in [1.29, 1.82) is 0 Å². The van der Waals surface area contributed by atoms with Crippen molar-refractivity contribution in [3.05, 3.63) is 60.7 Å². The Labute approximate surface area is 152 Å². The molecule has 0 aromatic heterocycles. The first kappa shape index (κ1) is 17.9. The minimum absolute atomic E-state index is 0.00391. The van der Waals surface area contributed by atoms with E-state index in [1.165, 1.54) is 10.4 Å². The summed E-state index contributed by atoms with van der Waals surface area (Å²) >= 11 is 0. The van der Waals surface area contributed by atoms with Gasteiger partial charge in [0.25, 0.3) is 8.32 Å². The predicted molar refractivity (Wildman–Crippen MR) is 108 cm³/mol. The molecule has 1 aliphatic rings. The standard InChI is InChI=1S/C22H27NOSi/c1-5-18-16-19(17-23-18)24-25(22(2,3)4,20-12-8-6-9-13-20)21-14-10-7-11-15-21/h1,6-15,18-19,23H,16-17H2,2-4H3/t18?,19-/m0/s1. The van der Waals surface area contributed by atoms with Gasteiger partial charge in [0.1, 0.15) is 0 Å². The molecule has 0 spiro atoms. The zero-order valence-electron chi connectivity index (χ0n) is 15.3.